The molecule has 0 spiro atoms. The molecule has 4 heteroatoms. The molecule has 0 aliphatic rings. The van der Waals surface area contributed by atoms with Crippen LogP contribution in [0.1, 0.15) is 0 Å². The number of para-hydroxylation sites is 6. The van der Waals surface area contributed by atoms with Gasteiger partial charge in [0.15, 0.2) is 0 Å². The number of rotatable bonds is 7. The Bertz CT molecular complexity index is 3400. The summed E-state index contributed by atoms with van der Waals surface area (Å²) in [5.41, 5.74) is 15.3. The number of hydrogen-bond donors (Lipinski definition) is 0. The molecule has 12 rings (SSSR count). The zero-order valence-corrected chi connectivity index (χ0v) is 33.7. The van der Waals surface area contributed by atoms with Crippen molar-refractivity contribution in [3.05, 3.63) is 231 Å². The Labute approximate surface area is 359 Å². The van der Waals surface area contributed by atoms with Gasteiger partial charge >= 0.3 is 0 Å². The van der Waals surface area contributed by atoms with Crippen LogP contribution in [0.25, 0.3) is 111 Å². The van der Waals surface area contributed by atoms with Gasteiger partial charge in [0.25, 0.3) is 0 Å². The molecule has 0 unspecified atom stereocenters. The molecule has 0 saturated heterocycles. The van der Waals surface area contributed by atoms with E-state index in [4.69, 9.17) is 9.97 Å². The monoisotopic (exact) mass is 790 g/mol. The topological polar surface area (TPSA) is 35.6 Å². The molecule has 0 radical (unpaired) electrons. The molecule has 10 aromatic carbocycles. The second-order valence-electron chi connectivity index (χ2n) is 15.7. The standard InChI is InChI=1S/C58H38N4/c1-4-20-39(21-5-1)56-46-30-18-28-42(44-26-10-14-34-52(44)61-54-36-16-12-32-50(54)59-57(61)40-22-6-2-7-23-40)48(46)38-49-43(29-19-31-47(49)56)45-27-11-15-35-53(45)62-55-37-17-13-33-51(55)60-58(62)41-24-8-3-9-25-41/h1-38H. The first kappa shape index (κ1) is 35.6. The molecule has 4 nitrogen and oxygen atoms in total. The van der Waals surface area contributed by atoms with Gasteiger partial charge < -0.3 is 0 Å². The fraction of sp³-hybridized carbons (Fsp3) is 0. The molecule has 0 bridgehead atoms. The molecular weight excluding hydrogens is 753 g/mol. The van der Waals surface area contributed by atoms with Gasteiger partial charge in [-0.2, -0.15) is 0 Å². The molecule has 12 aromatic rings. The van der Waals surface area contributed by atoms with Crippen LogP contribution in [0.5, 0.6) is 0 Å². The molecule has 0 saturated carbocycles. The van der Waals surface area contributed by atoms with Crippen molar-refractivity contribution in [2.75, 3.05) is 0 Å². The van der Waals surface area contributed by atoms with Crippen LogP contribution < -0.4 is 0 Å². The van der Waals surface area contributed by atoms with Crippen LogP contribution in [-0.4, -0.2) is 19.1 Å². The van der Waals surface area contributed by atoms with Gasteiger partial charge in [0.1, 0.15) is 11.6 Å². The van der Waals surface area contributed by atoms with E-state index in [2.05, 4.69) is 240 Å². The molecule has 0 aliphatic heterocycles. The second-order valence-corrected chi connectivity index (χ2v) is 15.7. The van der Waals surface area contributed by atoms with E-state index < -0.39 is 0 Å². The highest BCUT2D eigenvalue weighted by Gasteiger charge is 2.22. The lowest BCUT2D eigenvalue weighted by molar-refractivity contribution is 1.10. The molecule has 2 aromatic heterocycles. The lowest BCUT2D eigenvalue weighted by Gasteiger charge is -2.20. The van der Waals surface area contributed by atoms with Gasteiger partial charge in [-0.3, -0.25) is 9.13 Å². The summed E-state index contributed by atoms with van der Waals surface area (Å²) in [7, 11) is 0. The minimum Gasteiger partial charge on any atom is -0.292 e. The molecule has 0 amide bonds. The van der Waals surface area contributed by atoms with Crippen LogP contribution in [0.2, 0.25) is 0 Å². The smallest absolute Gasteiger partial charge is 0.145 e. The fourth-order valence-electron chi connectivity index (χ4n) is 9.45. The van der Waals surface area contributed by atoms with E-state index in [1.165, 1.54) is 32.7 Å². The number of benzene rings is 10. The van der Waals surface area contributed by atoms with Gasteiger partial charge in [0, 0.05) is 22.3 Å². The summed E-state index contributed by atoms with van der Waals surface area (Å²) in [5, 5.41) is 4.76. The fourth-order valence-corrected chi connectivity index (χ4v) is 9.45. The first-order valence-corrected chi connectivity index (χ1v) is 21.1. The Morgan fingerprint density at radius 3 is 1.11 bits per heavy atom. The van der Waals surface area contributed by atoms with Crippen molar-refractivity contribution >= 4 is 43.6 Å². The Kier molecular flexibility index (Phi) is 8.46. The summed E-state index contributed by atoms with van der Waals surface area (Å²) in [5.74, 6) is 1.83. The summed E-state index contributed by atoms with van der Waals surface area (Å²) in [6, 6.07) is 82.3. The molecular formula is C58H38N4. The maximum Gasteiger partial charge on any atom is 0.145 e. The zero-order chi connectivity index (χ0) is 41.0. The normalized spacial score (nSPS) is 11.5. The minimum atomic E-state index is 0.913. The average molecular weight is 791 g/mol. The van der Waals surface area contributed by atoms with Crippen LogP contribution in [0.4, 0.5) is 0 Å². The molecule has 0 aliphatic carbocycles. The van der Waals surface area contributed by atoms with Crippen LogP contribution >= 0.6 is 0 Å². The van der Waals surface area contributed by atoms with Gasteiger partial charge in [-0.1, -0.05) is 188 Å². The van der Waals surface area contributed by atoms with E-state index >= 15 is 0 Å². The number of aromatic nitrogens is 4. The summed E-state index contributed by atoms with van der Waals surface area (Å²) >= 11 is 0. The van der Waals surface area contributed by atoms with Crippen molar-refractivity contribution in [1.29, 1.82) is 0 Å². The molecule has 0 fully saturated rings. The third-order valence-corrected chi connectivity index (χ3v) is 12.2. The van der Waals surface area contributed by atoms with Gasteiger partial charge in [-0.15, -0.1) is 0 Å². The largest absolute Gasteiger partial charge is 0.292 e. The SMILES string of the molecule is c1ccc(-c2c3cccc(-c4ccccc4-n4c(-c5ccccc5)nc5ccccc54)c3cc3c(-c4ccccc4-n4c(-c5ccccc5)nc5ccccc54)cccc23)cc1. The lowest BCUT2D eigenvalue weighted by Crippen LogP contribution is -2.01. The number of hydrogen-bond acceptors (Lipinski definition) is 2. The van der Waals surface area contributed by atoms with Crippen molar-refractivity contribution < 1.29 is 0 Å². The van der Waals surface area contributed by atoms with Gasteiger partial charge in [0.05, 0.1) is 33.4 Å². The maximum absolute atomic E-state index is 5.23. The molecule has 0 atom stereocenters. The van der Waals surface area contributed by atoms with E-state index in [1.807, 2.05) is 0 Å². The summed E-state index contributed by atoms with van der Waals surface area (Å²) in [6.45, 7) is 0. The van der Waals surface area contributed by atoms with Crippen molar-refractivity contribution in [2.24, 2.45) is 0 Å². The van der Waals surface area contributed by atoms with Crippen molar-refractivity contribution in [2.45, 2.75) is 0 Å². The summed E-state index contributed by atoms with van der Waals surface area (Å²) < 4.78 is 4.67. The molecule has 62 heavy (non-hydrogen) atoms. The first-order chi connectivity index (χ1) is 30.8. The maximum atomic E-state index is 5.23. The van der Waals surface area contributed by atoms with Crippen molar-refractivity contribution in [1.82, 2.24) is 19.1 Å². The minimum absolute atomic E-state index is 0.913. The van der Waals surface area contributed by atoms with E-state index in [0.29, 0.717) is 0 Å². The second kappa shape index (κ2) is 14.7. The van der Waals surface area contributed by atoms with Crippen LogP contribution in [-0.2, 0) is 0 Å². The number of nitrogens with zero attached hydrogens (tertiary/aromatic N) is 4. The summed E-state index contributed by atoms with van der Waals surface area (Å²) in [6.07, 6.45) is 0. The molecule has 0 N–H and O–H groups in total. The highest BCUT2D eigenvalue weighted by molar-refractivity contribution is 6.19. The highest BCUT2D eigenvalue weighted by Crippen LogP contribution is 2.46. The van der Waals surface area contributed by atoms with Gasteiger partial charge in [-0.25, -0.2) is 9.97 Å². The zero-order valence-electron chi connectivity index (χ0n) is 33.7. The Hall–Kier alpha value is -8.34. The van der Waals surface area contributed by atoms with Crippen molar-refractivity contribution in [3.63, 3.8) is 0 Å². The van der Waals surface area contributed by atoms with Crippen LogP contribution in [0, 0.1) is 0 Å². The highest BCUT2D eigenvalue weighted by atomic mass is 15.1. The van der Waals surface area contributed by atoms with E-state index in [0.717, 1.165) is 78.5 Å². The van der Waals surface area contributed by atoms with Crippen LogP contribution in [0.3, 0.4) is 0 Å². The van der Waals surface area contributed by atoms with Crippen LogP contribution in [0.15, 0.2) is 231 Å². The lowest BCUT2D eigenvalue weighted by atomic mass is 9.86. The average Bonchev–Trinajstić information content (AvgIpc) is 3.93. The van der Waals surface area contributed by atoms with Crippen molar-refractivity contribution in [3.8, 4) is 67.5 Å². The Morgan fingerprint density at radius 1 is 0.274 bits per heavy atom. The number of imidazole rings is 2. The predicted molar refractivity (Wildman–Crippen MR) is 258 cm³/mol. The predicted octanol–water partition coefficient (Wildman–Crippen LogP) is 15.0. The molecule has 290 valence electrons. The summed E-state index contributed by atoms with van der Waals surface area (Å²) in [4.78, 5) is 10.5. The van der Waals surface area contributed by atoms with E-state index in [1.54, 1.807) is 0 Å². The van der Waals surface area contributed by atoms with E-state index in [-0.39, 0.29) is 0 Å². The van der Waals surface area contributed by atoms with Gasteiger partial charge in [-0.05, 0) is 86.3 Å². The first-order valence-electron chi connectivity index (χ1n) is 21.1. The Balaban J connectivity index is 1.16. The third kappa shape index (κ3) is 5.76. The number of fused-ring (bicyclic) bond motifs is 4. The van der Waals surface area contributed by atoms with Gasteiger partial charge in [0.2, 0.25) is 0 Å². The Morgan fingerprint density at radius 2 is 0.645 bits per heavy atom. The third-order valence-electron chi connectivity index (χ3n) is 12.2. The van der Waals surface area contributed by atoms with E-state index in [9.17, 15) is 0 Å². The quantitative estimate of drug-likeness (QED) is 0.151. The molecule has 2 heterocycles.